The molecule has 0 radical (unpaired) electrons. The third-order valence-electron chi connectivity index (χ3n) is 3.95. The number of nitrogens with zero attached hydrogens (tertiary/aromatic N) is 1. The van der Waals surface area contributed by atoms with Crippen LogP contribution in [-0.2, 0) is 4.79 Å². The van der Waals surface area contributed by atoms with Crippen LogP contribution in [0.15, 0.2) is 17.0 Å². The van der Waals surface area contributed by atoms with E-state index in [9.17, 15) is 9.59 Å². The second-order valence-electron chi connectivity index (χ2n) is 5.49. The third-order valence-corrected chi connectivity index (χ3v) is 4.83. The molecule has 1 fully saturated rings. The van der Waals surface area contributed by atoms with Gasteiger partial charge in [-0.1, -0.05) is 6.92 Å². The number of hydrogen-bond acceptors (Lipinski definition) is 6. The van der Waals surface area contributed by atoms with Crippen LogP contribution in [0.5, 0.6) is 17.2 Å². The monoisotopic (exact) mass is 349 g/mol. The highest BCUT2D eigenvalue weighted by atomic mass is 32.2. The molecule has 7 heteroatoms. The lowest BCUT2D eigenvalue weighted by atomic mass is 10.1. The lowest BCUT2D eigenvalue weighted by molar-refractivity contribution is -0.124. The van der Waals surface area contributed by atoms with E-state index in [0.717, 1.165) is 18.2 Å². The maximum absolute atomic E-state index is 12.5. The Labute approximate surface area is 144 Å². The molecule has 2 heterocycles. The van der Waals surface area contributed by atoms with Crippen molar-refractivity contribution in [2.24, 2.45) is 0 Å². The Morgan fingerprint density at radius 1 is 1.29 bits per heavy atom. The average molecular weight is 349 g/mol. The predicted octanol–water partition coefficient (Wildman–Crippen LogP) is 3.65. The van der Waals surface area contributed by atoms with Crippen molar-refractivity contribution in [3.8, 4) is 17.2 Å². The van der Waals surface area contributed by atoms with Gasteiger partial charge in [-0.05, 0) is 44.2 Å². The lowest BCUT2D eigenvalue weighted by Gasteiger charge is -2.19. The summed E-state index contributed by atoms with van der Waals surface area (Å²) in [5, 5.41) is -0.237. The standard InChI is InChI=1S/C17H19NO5S/c1-4-10(3)18-16(19)15(24-17(18)20)7-11-6-13-14(23-9-22-13)8-12(11)21-5-2/h6-8,10H,4-5,9H2,1-3H3/b15-7+/t10-/m0/s1. The Balaban J connectivity index is 1.96. The van der Waals surface area contributed by atoms with E-state index in [2.05, 4.69) is 0 Å². The van der Waals surface area contributed by atoms with Gasteiger partial charge in [-0.3, -0.25) is 14.5 Å². The van der Waals surface area contributed by atoms with Gasteiger partial charge in [0, 0.05) is 17.7 Å². The summed E-state index contributed by atoms with van der Waals surface area (Å²) < 4.78 is 16.4. The van der Waals surface area contributed by atoms with E-state index in [0.29, 0.717) is 34.3 Å². The van der Waals surface area contributed by atoms with Crippen molar-refractivity contribution in [3.05, 3.63) is 22.6 Å². The normalized spacial score (nSPS) is 19.3. The lowest BCUT2D eigenvalue weighted by Crippen LogP contribution is -2.36. The maximum atomic E-state index is 12.5. The van der Waals surface area contributed by atoms with Crippen LogP contribution in [0.2, 0.25) is 0 Å². The molecule has 0 aliphatic carbocycles. The molecule has 2 amide bonds. The first kappa shape index (κ1) is 16.7. The number of amides is 2. The molecule has 1 aromatic carbocycles. The molecular formula is C17H19NO5S. The van der Waals surface area contributed by atoms with Crippen molar-refractivity contribution in [2.45, 2.75) is 33.2 Å². The molecule has 1 saturated heterocycles. The second kappa shape index (κ2) is 6.76. The Kier molecular flexibility index (Phi) is 4.71. The van der Waals surface area contributed by atoms with Crippen LogP contribution in [0.3, 0.4) is 0 Å². The van der Waals surface area contributed by atoms with Gasteiger partial charge in [0.25, 0.3) is 11.1 Å². The van der Waals surface area contributed by atoms with Crippen molar-refractivity contribution in [1.82, 2.24) is 4.90 Å². The summed E-state index contributed by atoms with van der Waals surface area (Å²) in [4.78, 5) is 26.4. The predicted molar refractivity (Wildman–Crippen MR) is 91.3 cm³/mol. The molecule has 0 saturated carbocycles. The molecule has 1 aromatic rings. The Hall–Kier alpha value is -2.15. The molecule has 24 heavy (non-hydrogen) atoms. The molecule has 2 aliphatic rings. The molecule has 128 valence electrons. The fraction of sp³-hybridized carbons (Fsp3) is 0.412. The highest BCUT2D eigenvalue weighted by Gasteiger charge is 2.37. The van der Waals surface area contributed by atoms with Crippen LogP contribution in [-0.4, -0.2) is 35.5 Å². The first-order chi connectivity index (χ1) is 11.5. The highest BCUT2D eigenvalue weighted by molar-refractivity contribution is 8.18. The summed E-state index contributed by atoms with van der Waals surface area (Å²) >= 11 is 0.951. The van der Waals surface area contributed by atoms with Crippen LogP contribution in [0, 0.1) is 0 Å². The van der Waals surface area contributed by atoms with Gasteiger partial charge in [-0.25, -0.2) is 0 Å². The van der Waals surface area contributed by atoms with Crippen LogP contribution in [0.1, 0.15) is 32.8 Å². The Morgan fingerprint density at radius 3 is 2.67 bits per heavy atom. The molecule has 1 atom stereocenters. The van der Waals surface area contributed by atoms with Crippen LogP contribution in [0.25, 0.3) is 6.08 Å². The molecule has 0 unspecified atom stereocenters. The topological polar surface area (TPSA) is 65.1 Å². The summed E-state index contributed by atoms with van der Waals surface area (Å²) in [6.45, 7) is 6.34. The van der Waals surface area contributed by atoms with Gasteiger partial charge in [-0.2, -0.15) is 0 Å². The number of hydrogen-bond donors (Lipinski definition) is 0. The summed E-state index contributed by atoms with van der Waals surface area (Å²) in [6.07, 6.45) is 2.40. The van der Waals surface area contributed by atoms with E-state index < -0.39 is 0 Å². The number of carbonyl (C=O) groups excluding carboxylic acids is 2. The minimum Gasteiger partial charge on any atom is -0.493 e. The quantitative estimate of drug-likeness (QED) is 0.756. The van der Waals surface area contributed by atoms with Crippen molar-refractivity contribution in [1.29, 1.82) is 0 Å². The zero-order valence-electron chi connectivity index (χ0n) is 13.8. The van der Waals surface area contributed by atoms with Crippen molar-refractivity contribution in [3.63, 3.8) is 0 Å². The van der Waals surface area contributed by atoms with E-state index in [-0.39, 0.29) is 24.0 Å². The SMILES string of the molecule is CCOc1cc2c(cc1/C=C1/SC(=O)N([C@@H](C)CC)C1=O)OCO2. The fourth-order valence-electron chi connectivity index (χ4n) is 2.52. The van der Waals surface area contributed by atoms with Crippen molar-refractivity contribution in [2.75, 3.05) is 13.4 Å². The molecule has 0 spiro atoms. The van der Waals surface area contributed by atoms with Crippen molar-refractivity contribution < 1.29 is 23.8 Å². The van der Waals surface area contributed by atoms with Crippen LogP contribution < -0.4 is 14.2 Å². The molecule has 2 aliphatic heterocycles. The number of ether oxygens (including phenoxy) is 3. The molecular weight excluding hydrogens is 330 g/mol. The number of imide groups is 1. The number of carbonyl (C=O) groups is 2. The Morgan fingerprint density at radius 2 is 2.00 bits per heavy atom. The van der Waals surface area contributed by atoms with E-state index in [1.807, 2.05) is 20.8 Å². The number of thioether (sulfide) groups is 1. The van der Waals surface area contributed by atoms with Gasteiger partial charge < -0.3 is 14.2 Å². The second-order valence-corrected chi connectivity index (χ2v) is 6.48. The largest absolute Gasteiger partial charge is 0.493 e. The van der Waals surface area contributed by atoms with E-state index >= 15 is 0 Å². The first-order valence-electron chi connectivity index (χ1n) is 7.88. The average Bonchev–Trinajstić information content (AvgIpc) is 3.11. The first-order valence-corrected chi connectivity index (χ1v) is 8.70. The zero-order chi connectivity index (χ0) is 17.3. The molecule has 6 nitrogen and oxygen atoms in total. The van der Waals surface area contributed by atoms with Gasteiger partial charge in [-0.15, -0.1) is 0 Å². The van der Waals surface area contributed by atoms with Crippen molar-refractivity contribution >= 4 is 29.0 Å². The fourth-order valence-corrected chi connectivity index (χ4v) is 3.44. The zero-order valence-corrected chi connectivity index (χ0v) is 14.6. The number of benzene rings is 1. The summed E-state index contributed by atoms with van der Waals surface area (Å²) in [5.41, 5.74) is 0.691. The molecule has 0 aromatic heterocycles. The minimum atomic E-state index is -0.264. The van der Waals surface area contributed by atoms with Crippen LogP contribution >= 0.6 is 11.8 Å². The number of rotatable bonds is 5. The van der Waals surface area contributed by atoms with Gasteiger partial charge in [0.2, 0.25) is 6.79 Å². The smallest absolute Gasteiger partial charge is 0.293 e. The Bertz CT molecular complexity index is 715. The highest BCUT2D eigenvalue weighted by Crippen LogP contribution is 2.41. The van der Waals surface area contributed by atoms with Crippen LogP contribution in [0.4, 0.5) is 4.79 Å². The van der Waals surface area contributed by atoms with Gasteiger partial charge in [0.15, 0.2) is 11.5 Å². The maximum Gasteiger partial charge on any atom is 0.293 e. The van der Waals surface area contributed by atoms with E-state index in [1.54, 1.807) is 18.2 Å². The summed E-state index contributed by atoms with van der Waals surface area (Å²) in [7, 11) is 0. The minimum absolute atomic E-state index is 0.119. The third kappa shape index (κ3) is 2.96. The van der Waals surface area contributed by atoms with Gasteiger partial charge in [0.05, 0.1) is 11.5 Å². The molecule has 3 rings (SSSR count). The van der Waals surface area contributed by atoms with Gasteiger partial charge >= 0.3 is 0 Å². The summed E-state index contributed by atoms with van der Waals surface area (Å²) in [5.74, 6) is 1.55. The van der Waals surface area contributed by atoms with E-state index in [1.165, 1.54) is 4.90 Å². The molecule has 0 N–H and O–H groups in total. The van der Waals surface area contributed by atoms with E-state index in [4.69, 9.17) is 14.2 Å². The van der Waals surface area contributed by atoms with Gasteiger partial charge in [0.1, 0.15) is 5.75 Å². The molecule has 0 bridgehead atoms. The summed E-state index contributed by atoms with van der Waals surface area (Å²) in [6, 6.07) is 3.40. The number of fused-ring (bicyclic) bond motifs is 1.